The highest BCUT2D eigenvalue weighted by molar-refractivity contribution is 7.54. The maximum atomic E-state index is 13.0. The molecule has 0 aliphatic rings. The summed E-state index contributed by atoms with van der Waals surface area (Å²) in [5.74, 6) is 0.139. The number of para-hydroxylation sites is 1. The second-order valence-corrected chi connectivity index (χ2v) is 8.56. The van der Waals surface area contributed by atoms with Crippen LogP contribution in [0.4, 0.5) is 0 Å². The van der Waals surface area contributed by atoms with Gasteiger partial charge in [-0.15, -0.1) is 0 Å². The Kier molecular flexibility index (Phi) is 9.39. The Balaban J connectivity index is 1.94. The minimum Gasteiger partial charge on any atom is -0.457 e. The molecule has 0 aromatic heterocycles. The molecule has 0 N–H and O–H groups in total. The van der Waals surface area contributed by atoms with Crippen molar-refractivity contribution in [2.24, 2.45) is 0 Å². The average molecular weight is 420 g/mol. The van der Waals surface area contributed by atoms with Gasteiger partial charge in [0.2, 0.25) is 5.85 Å². The first-order valence-corrected chi connectivity index (χ1v) is 11.5. The summed E-state index contributed by atoms with van der Waals surface area (Å²) >= 11 is 0. The zero-order valence-electron chi connectivity index (χ0n) is 17.2. The summed E-state index contributed by atoms with van der Waals surface area (Å²) in [6.07, 6.45) is 1.79. The second-order valence-electron chi connectivity index (χ2n) is 6.39. The Morgan fingerprint density at radius 3 is 2.07 bits per heavy atom. The Morgan fingerprint density at radius 1 is 0.931 bits per heavy atom. The fraction of sp³-hybridized carbons (Fsp3) is 0.409. The van der Waals surface area contributed by atoms with Gasteiger partial charge in [-0.3, -0.25) is 9.36 Å². The van der Waals surface area contributed by atoms with E-state index in [1.807, 2.05) is 54.6 Å². The second kappa shape index (κ2) is 11.8. The third-order valence-electron chi connectivity index (χ3n) is 4.09. The van der Waals surface area contributed by atoms with Crippen molar-refractivity contribution in [3.8, 4) is 11.5 Å². The van der Waals surface area contributed by atoms with Crippen LogP contribution in [0.5, 0.6) is 11.5 Å². The van der Waals surface area contributed by atoms with Crippen LogP contribution in [-0.4, -0.2) is 25.0 Å². The zero-order valence-corrected chi connectivity index (χ0v) is 18.1. The molecule has 1 atom stereocenters. The summed E-state index contributed by atoms with van der Waals surface area (Å²) in [7, 11) is -3.51. The van der Waals surface area contributed by atoms with Crippen molar-refractivity contribution in [1.82, 2.24) is 0 Å². The van der Waals surface area contributed by atoms with Gasteiger partial charge in [-0.25, -0.2) is 0 Å². The molecule has 0 fully saturated rings. The SMILES string of the molecule is CCOP(=O)(OCC)[C@@H](CCCc1ccc(Oc2ccccc2)cc1)OC(C)=O. The lowest BCUT2D eigenvalue weighted by molar-refractivity contribution is -0.144. The minimum atomic E-state index is -3.51. The molecule has 6 nitrogen and oxygen atoms in total. The van der Waals surface area contributed by atoms with Gasteiger partial charge in [0.15, 0.2) is 0 Å². The molecule has 0 unspecified atom stereocenters. The summed E-state index contributed by atoms with van der Waals surface area (Å²) in [5.41, 5.74) is 1.11. The summed E-state index contributed by atoms with van der Waals surface area (Å²) in [6.45, 7) is 5.20. The molecule has 0 bridgehead atoms. The van der Waals surface area contributed by atoms with Gasteiger partial charge in [-0.1, -0.05) is 30.3 Å². The van der Waals surface area contributed by atoms with Gasteiger partial charge in [0, 0.05) is 6.92 Å². The van der Waals surface area contributed by atoms with Crippen LogP contribution in [-0.2, 0) is 29.6 Å². The van der Waals surface area contributed by atoms with E-state index in [1.54, 1.807) is 13.8 Å². The van der Waals surface area contributed by atoms with E-state index in [9.17, 15) is 9.36 Å². The van der Waals surface area contributed by atoms with Crippen LogP contribution in [0.1, 0.15) is 39.2 Å². The maximum absolute atomic E-state index is 13.0. The van der Waals surface area contributed by atoms with Gasteiger partial charge in [0.05, 0.1) is 13.2 Å². The molecule has 0 radical (unpaired) electrons. The first-order valence-electron chi connectivity index (χ1n) is 9.84. The molecular formula is C22H29O6P. The number of esters is 1. The molecule has 0 aliphatic heterocycles. The molecule has 0 spiro atoms. The molecule has 158 valence electrons. The maximum Gasteiger partial charge on any atom is 0.370 e. The van der Waals surface area contributed by atoms with Crippen molar-refractivity contribution in [2.45, 2.75) is 45.9 Å². The lowest BCUT2D eigenvalue weighted by Gasteiger charge is -2.25. The number of hydrogen-bond donors (Lipinski definition) is 0. The van der Waals surface area contributed by atoms with Crippen molar-refractivity contribution in [2.75, 3.05) is 13.2 Å². The number of rotatable bonds is 12. The van der Waals surface area contributed by atoms with Crippen molar-refractivity contribution in [3.63, 3.8) is 0 Å². The van der Waals surface area contributed by atoms with Crippen molar-refractivity contribution in [3.05, 3.63) is 60.2 Å². The monoisotopic (exact) mass is 420 g/mol. The lowest BCUT2D eigenvalue weighted by atomic mass is 10.1. The van der Waals surface area contributed by atoms with Crippen LogP contribution in [0.2, 0.25) is 0 Å². The van der Waals surface area contributed by atoms with Crippen molar-refractivity contribution >= 4 is 13.6 Å². The zero-order chi connectivity index (χ0) is 21.1. The Bertz CT molecular complexity index is 781. The fourth-order valence-electron chi connectivity index (χ4n) is 2.87. The summed E-state index contributed by atoms with van der Waals surface area (Å²) in [4.78, 5) is 11.5. The van der Waals surface area contributed by atoms with E-state index in [0.29, 0.717) is 12.8 Å². The fourth-order valence-corrected chi connectivity index (χ4v) is 4.77. The normalized spacial score (nSPS) is 12.4. The molecule has 0 saturated carbocycles. The highest BCUT2D eigenvalue weighted by Gasteiger charge is 2.37. The van der Waals surface area contributed by atoms with Crippen LogP contribution in [0.25, 0.3) is 0 Å². The number of carbonyl (C=O) groups is 1. The van der Waals surface area contributed by atoms with Crippen LogP contribution in [0.15, 0.2) is 54.6 Å². The highest BCUT2D eigenvalue weighted by atomic mass is 31.2. The number of aryl methyl sites for hydroxylation is 1. The van der Waals surface area contributed by atoms with Crippen LogP contribution < -0.4 is 4.74 Å². The molecule has 29 heavy (non-hydrogen) atoms. The predicted molar refractivity (Wildman–Crippen MR) is 112 cm³/mol. The Morgan fingerprint density at radius 2 is 1.52 bits per heavy atom. The summed E-state index contributed by atoms with van der Waals surface area (Å²) in [5, 5.41) is 0. The number of benzene rings is 2. The summed E-state index contributed by atoms with van der Waals surface area (Å²) < 4.78 is 34.7. The predicted octanol–water partition coefficient (Wildman–Crippen LogP) is 5.96. The van der Waals surface area contributed by atoms with Crippen LogP contribution in [0.3, 0.4) is 0 Å². The molecule has 7 heteroatoms. The van der Waals surface area contributed by atoms with E-state index in [0.717, 1.165) is 23.5 Å². The summed E-state index contributed by atoms with van der Waals surface area (Å²) in [6, 6.07) is 17.4. The average Bonchev–Trinajstić information content (AvgIpc) is 2.69. The number of hydrogen-bond acceptors (Lipinski definition) is 6. The standard InChI is InChI=1S/C22H29O6P/c1-4-25-29(24,26-5-2)22(27-18(3)23)13-9-10-19-14-16-21(17-15-19)28-20-11-7-6-8-12-20/h6-8,11-12,14-17,22H,4-5,9-10,13H2,1-3H3/t22-/m0/s1. The molecule has 0 heterocycles. The molecule has 0 aliphatic carbocycles. The van der Waals surface area contributed by atoms with Gasteiger partial charge < -0.3 is 18.5 Å². The largest absolute Gasteiger partial charge is 0.457 e. The molecule has 2 aromatic rings. The molecule has 0 saturated heterocycles. The molecular weight excluding hydrogens is 391 g/mol. The van der Waals surface area contributed by atoms with Gasteiger partial charge in [0.25, 0.3) is 0 Å². The van der Waals surface area contributed by atoms with Gasteiger partial charge in [0.1, 0.15) is 11.5 Å². The topological polar surface area (TPSA) is 71.1 Å². The number of ether oxygens (including phenoxy) is 2. The Labute approximate surface area is 172 Å². The van der Waals surface area contributed by atoms with Gasteiger partial charge >= 0.3 is 13.6 Å². The van der Waals surface area contributed by atoms with E-state index in [1.165, 1.54) is 6.92 Å². The first-order chi connectivity index (χ1) is 14.0. The number of carbonyl (C=O) groups excluding carboxylic acids is 1. The van der Waals surface area contributed by atoms with E-state index in [-0.39, 0.29) is 13.2 Å². The third-order valence-corrected chi connectivity index (χ3v) is 6.40. The van der Waals surface area contributed by atoms with E-state index >= 15 is 0 Å². The minimum absolute atomic E-state index is 0.220. The lowest BCUT2D eigenvalue weighted by Crippen LogP contribution is -2.20. The van der Waals surface area contributed by atoms with E-state index in [2.05, 4.69) is 0 Å². The van der Waals surface area contributed by atoms with Crippen LogP contribution in [0, 0.1) is 0 Å². The smallest absolute Gasteiger partial charge is 0.370 e. The van der Waals surface area contributed by atoms with Crippen molar-refractivity contribution in [1.29, 1.82) is 0 Å². The quantitative estimate of drug-likeness (QED) is 0.312. The van der Waals surface area contributed by atoms with Gasteiger partial charge in [-0.2, -0.15) is 0 Å². The Hall–Kier alpha value is -2.14. The molecule has 0 amide bonds. The van der Waals surface area contributed by atoms with Crippen molar-refractivity contribution < 1.29 is 27.9 Å². The first kappa shape index (κ1) is 23.1. The van der Waals surface area contributed by atoms with E-state index < -0.39 is 19.4 Å². The van der Waals surface area contributed by atoms with Crippen LogP contribution >= 0.6 is 7.60 Å². The molecule has 2 rings (SSSR count). The highest BCUT2D eigenvalue weighted by Crippen LogP contribution is 2.55. The van der Waals surface area contributed by atoms with Gasteiger partial charge in [-0.05, 0) is 62.9 Å². The third kappa shape index (κ3) is 7.65. The van der Waals surface area contributed by atoms with E-state index in [4.69, 9.17) is 18.5 Å². The molecule has 2 aromatic carbocycles.